The van der Waals surface area contributed by atoms with E-state index >= 15 is 0 Å². The number of halogens is 1. The van der Waals surface area contributed by atoms with Crippen LogP contribution in [0, 0.1) is 0 Å². The summed E-state index contributed by atoms with van der Waals surface area (Å²) in [6, 6.07) is 30.2. The highest BCUT2D eigenvalue weighted by Gasteiger charge is 2.41. The maximum absolute atomic E-state index is 6.24. The topological polar surface area (TPSA) is 34.1 Å². The monoisotopic (exact) mass is 568 g/mol. The molecule has 1 aromatic heterocycles. The van der Waals surface area contributed by atoms with Gasteiger partial charge in [0.05, 0.1) is 22.5 Å². The van der Waals surface area contributed by atoms with E-state index in [1.54, 1.807) is 11.3 Å². The van der Waals surface area contributed by atoms with E-state index in [-0.39, 0.29) is 5.41 Å². The van der Waals surface area contributed by atoms with Crippen LogP contribution in [0.5, 0.6) is 5.75 Å². The molecular formula is C32H29BrN2OS. The van der Waals surface area contributed by atoms with Gasteiger partial charge in [0.1, 0.15) is 10.8 Å². The normalized spacial score (nSPS) is 13.4. The van der Waals surface area contributed by atoms with Crippen LogP contribution >= 0.6 is 27.3 Å². The van der Waals surface area contributed by atoms with E-state index in [2.05, 4.69) is 114 Å². The molecule has 0 unspecified atom stereocenters. The number of fused-ring (bicyclic) bond motifs is 4. The second-order valence-electron chi connectivity index (χ2n) is 9.46. The van der Waals surface area contributed by atoms with Crippen molar-refractivity contribution in [3.8, 4) is 27.4 Å². The highest BCUT2D eigenvalue weighted by Crippen LogP contribution is 2.55. The van der Waals surface area contributed by atoms with Gasteiger partial charge in [-0.3, -0.25) is 0 Å². The molecule has 186 valence electrons. The second-order valence-corrected chi connectivity index (χ2v) is 11.3. The Labute approximate surface area is 230 Å². The Bertz CT molecular complexity index is 1540. The molecule has 0 aliphatic heterocycles. The zero-order valence-electron chi connectivity index (χ0n) is 21.1. The fraction of sp³-hybridized carbons (Fsp3) is 0.219. The van der Waals surface area contributed by atoms with Gasteiger partial charge in [0, 0.05) is 22.0 Å². The summed E-state index contributed by atoms with van der Waals surface area (Å²) in [4.78, 5) is 4.95. The first-order valence-corrected chi connectivity index (χ1v) is 14.8. The van der Waals surface area contributed by atoms with Crippen LogP contribution < -0.4 is 10.1 Å². The highest BCUT2D eigenvalue weighted by atomic mass is 79.9. The molecule has 0 bridgehead atoms. The summed E-state index contributed by atoms with van der Waals surface area (Å²) in [6.45, 7) is 5.23. The number of ether oxygens (including phenoxy) is 1. The maximum Gasteiger partial charge on any atom is 0.143 e. The summed E-state index contributed by atoms with van der Waals surface area (Å²) in [7, 11) is 0. The number of thiazole rings is 1. The van der Waals surface area contributed by atoms with Crippen LogP contribution in [0.3, 0.4) is 0 Å². The zero-order chi connectivity index (χ0) is 25.4. The number of hydrogen-bond donors (Lipinski definition) is 1. The summed E-state index contributed by atoms with van der Waals surface area (Å²) >= 11 is 5.28. The van der Waals surface area contributed by atoms with Crippen molar-refractivity contribution in [3.05, 3.63) is 96.1 Å². The first-order chi connectivity index (χ1) is 18.2. The molecule has 3 nitrogen and oxygen atoms in total. The van der Waals surface area contributed by atoms with Gasteiger partial charge in [-0.05, 0) is 77.6 Å². The molecule has 1 heterocycles. The van der Waals surface area contributed by atoms with Crippen LogP contribution in [-0.2, 0) is 5.41 Å². The number of benzene rings is 4. The molecular weight excluding hydrogens is 540 g/mol. The average Bonchev–Trinajstić information content (AvgIpc) is 3.49. The van der Waals surface area contributed by atoms with Crippen LogP contribution in [0.15, 0.2) is 84.9 Å². The summed E-state index contributed by atoms with van der Waals surface area (Å²) < 4.78 is 7.47. The van der Waals surface area contributed by atoms with Crippen molar-refractivity contribution in [3.63, 3.8) is 0 Å². The lowest BCUT2D eigenvalue weighted by Crippen LogP contribution is -2.23. The van der Waals surface area contributed by atoms with Crippen LogP contribution in [0.25, 0.3) is 31.9 Å². The van der Waals surface area contributed by atoms with E-state index < -0.39 is 0 Å². The molecule has 37 heavy (non-hydrogen) atoms. The van der Waals surface area contributed by atoms with Crippen molar-refractivity contribution in [1.29, 1.82) is 0 Å². The van der Waals surface area contributed by atoms with Crippen molar-refractivity contribution in [2.75, 3.05) is 17.3 Å². The van der Waals surface area contributed by atoms with Crippen molar-refractivity contribution in [2.45, 2.75) is 32.1 Å². The molecule has 1 aliphatic rings. The molecule has 4 aromatic carbocycles. The Hall–Kier alpha value is -3.15. The number of nitrogens with zero attached hydrogens (tertiary/aromatic N) is 1. The van der Waals surface area contributed by atoms with Crippen LogP contribution in [0.4, 0.5) is 11.4 Å². The fourth-order valence-corrected chi connectivity index (χ4v) is 6.83. The molecule has 0 saturated carbocycles. The third-order valence-electron chi connectivity index (χ3n) is 7.60. The number of hydrogen-bond acceptors (Lipinski definition) is 4. The summed E-state index contributed by atoms with van der Waals surface area (Å²) in [5.41, 5.74) is 9.61. The Morgan fingerprint density at radius 1 is 0.865 bits per heavy atom. The van der Waals surface area contributed by atoms with Gasteiger partial charge in [-0.1, -0.05) is 72.2 Å². The number of anilines is 2. The van der Waals surface area contributed by atoms with E-state index in [0.29, 0.717) is 6.61 Å². The van der Waals surface area contributed by atoms with Crippen molar-refractivity contribution >= 4 is 48.9 Å². The van der Waals surface area contributed by atoms with Crippen molar-refractivity contribution in [1.82, 2.24) is 4.98 Å². The van der Waals surface area contributed by atoms with Gasteiger partial charge >= 0.3 is 0 Å². The lowest BCUT2D eigenvalue weighted by atomic mass is 9.73. The maximum atomic E-state index is 6.24. The van der Waals surface area contributed by atoms with Gasteiger partial charge in [0.15, 0.2) is 0 Å². The second kappa shape index (κ2) is 9.96. The Kier molecular flexibility index (Phi) is 6.51. The molecule has 5 heteroatoms. The van der Waals surface area contributed by atoms with Gasteiger partial charge in [-0.25, -0.2) is 4.98 Å². The molecule has 0 spiro atoms. The summed E-state index contributed by atoms with van der Waals surface area (Å²) in [5.74, 6) is 0.881. The Morgan fingerprint density at radius 3 is 2.38 bits per heavy atom. The number of rotatable bonds is 8. The third kappa shape index (κ3) is 4.14. The first kappa shape index (κ1) is 24.2. The van der Waals surface area contributed by atoms with E-state index in [1.807, 2.05) is 6.07 Å². The Balaban J connectivity index is 1.50. The predicted octanol–water partition coefficient (Wildman–Crippen LogP) is 9.57. The summed E-state index contributed by atoms with van der Waals surface area (Å²) in [5, 5.41) is 5.49. The molecule has 0 atom stereocenters. The molecule has 0 amide bonds. The van der Waals surface area contributed by atoms with E-state index in [9.17, 15) is 0 Å². The minimum absolute atomic E-state index is 0.0571. The minimum atomic E-state index is -0.0571. The van der Waals surface area contributed by atoms with E-state index in [4.69, 9.17) is 9.72 Å². The number of aromatic nitrogens is 1. The highest BCUT2D eigenvalue weighted by molar-refractivity contribution is 9.09. The zero-order valence-corrected chi connectivity index (χ0v) is 23.5. The largest absolute Gasteiger partial charge is 0.491 e. The van der Waals surface area contributed by atoms with Gasteiger partial charge in [0.2, 0.25) is 0 Å². The predicted molar refractivity (Wildman–Crippen MR) is 161 cm³/mol. The van der Waals surface area contributed by atoms with Crippen LogP contribution in [0.1, 0.15) is 37.8 Å². The van der Waals surface area contributed by atoms with Gasteiger partial charge in [-0.2, -0.15) is 0 Å². The van der Waals surface area contributed by atoms with Gasteiger partial charge in [-0.15, -0.1) is 11.3 Å². The van der Waals surface area contributed by atoms with E-state index in [0.717, 1.165) is 45.8 Å². The molecule has 1 aliphatic carbocycles. The Morgan fingerprint density at radius 2 is 1.62 bits per heavy atom. The summed E-state index contributed by atoms with van der Waals surface area (Å²) in [6.07, 6.45) is 2.05. The molecule has 0 saturated heterocycles. The first-order valence-electron chi connectivity index (χ1n) is 12.9. The van der Waals surface area contributed by atoms with E-state index in [1.165, 1.54) is 32.5 Å². The fourth-order valence-electron chi connectivity index (χ4n) is 5.70. The quantitative estimate of drug-likeness (QED) is 0.189. The number of para-hydroxylation sites is 2. The van der Waals surface area contributed by atoms with Gasteiger partial charge < -0.3 is 10.1 Å². The van der Waals surface area contributed by atoms with Gasteiger partial charge in [0.25, 0.3) is 0 Å². The minimum Gasteiger partial charge on any atom is -0.491 e. The molecule has 0 fully saturated rings. The molecule has 6 rings (SSSR count). The number of nitrogens with one attached hydrogen (secondary N) is 1. The SMILES string of the molecule is CCC1(CC)c2cc(-c3nc4ccccc4s3)ccc2-c2cc(OCCBr)c(Nc3ccccc3)cc21. The lowest BCUT2D eigenvalue weighted by molar-refractivity contribution is 0.346. The van der Waals surface area contributed by atoms with Crippen LogP contribution in [0.2, 0.25) is 0 Å². The number of alkyl halides is 1. The van der Waals surface area contributed by atoms with Crippen molar-refractivity contribution < 1.29 is 4.74 Å². The molecule has 0 radical (unpaired) electrons. The van der Waals surface area contributed by atoms with Crippen molar-refractivity contribution in [2.24, 2.45) is 0 Å². The molecule has 5 aromatic rings. The molecule has 1 N–H and O–H groups in total. The average molecular weight is 570 g/mol. The lowest BCUT2D eigenvalue weighted by Gasteiger charge is -2.30. The van der Waals surface area contributed by atoms with Crippen LogP contribution in [-0.4, -0.2) is 16.9 Å². The standard InChI is InChI=1S/C32H29BrN2OS/c1-3-32(4-2)25-18-21(31-35-27-12-8-9-13-30(27)37-31)14-15-23(25)24-19-29(36-17-16-33)28(20-26(24)32)34-22-10-6-5-7-11-22/h5-15,18-20,34H,3-4,16-17H2,1-2H3. The smallest absolute Gasteiger partial charge is 0.143 e. The third-order valence-corrected chi connectivity index (χ3v) is 9.01.